The molecule has 0 spiro atoms. The van der Waals surface area contributed by atoms with Crippen molar-refractivity contribution in [3.8, 4) is 0 Å². The van der Waals surface area contributed by atoms with Crippen LogP contribution in [0.25, 0.3) is 0 Å². The Balaban J connectivity index is 4.22. The van der Waals surface area contributed by atoms with Crippen molar-refractivity contribution in [1.82, 2.24) is 0 Å². The number of hydrogen-bond donors (Lipinski definition) is 0. The van der Waals surface area contributed by atoms with Crippen molar-refractivity contribution in [3.63, 3.8) is 0 Å². The van der Waals surface area contributed by atoms with Crippen LogP contribution >= 0.6 is 0 Å². The highest BCUT2D eigenvalue weighted by Crippen LogP contribution is 2.26. The monoisotopic (exact) mass is 224 g/mol. The molecule has 0 rings (SSSR count). The zero-order valence-corrected chi connectivity index (χ0v) is 8.97. The van der Waals surface area contributed by atoms with Gasteiger partial charge in [-0.3, -0.25) is 4.79 Å². The maximum atomic E-state index is 12.1. The zero-order valence-electron chi connectivity index (χ0n) is 8.97. The average molecular weight is 224 g/mol. The van der Waals surface area contributed by atoms with Crippen LogP contribution in [-0.4, -0.2) is 18.8 Å². The number of esters is 1. The number of carbonyl (C=O) groups excluding carboxylic acids is 1. The first-order valence-corrected chi connectivity index (χ1v) is 4.70. The second kappa shape index (κ2) is 5.78. The summed E-state index contributed by atoms with van der Waals surface area (Å²) < 4.78 is 40.9. The van der Waals surface area contributed by atoms with Crippen molar-refractivity contribution >= 4 is 5.97 Å². The number of alkyl halides is 3. The Morgan fingerprint density at radius 1 is 1.33 bits per heavy atom. The minimum atomic E-state index is -4.26. The summed E-state index contributed by atoms with van der Waals surface area (Å²) in [5.41, 5.74) is 0. The topological polar surface area (TPSA) is 26.3 Å². The molecule has 0 unspecified atom stereocenters. The molecule has 0 saturated heterocycles. The average Bonchev–Trinajstić information content (AvgIpc) is 2.12. The minimum absolute atomic E-state index is 0.228. The normalized spacial score (nSPS) is 16.4. The summed E-state index contributed by atoms with van der Waals surface area (Å²) in [7, 11) is 0. The van der Waals surface area contributed by atoms with Crippen LogP contribution in [0.15, 0.2) is 12.2 Å². The van der Waals surface area contributed by atoms with Crippen molar-refractivity contribution in [2.24, 2.45) is 11.8 Å². The van der Waals surface area contributed by atoms with E-state index in [0.29, 0.717) is 0 Å². The van der Waals surface area contributed by atoms with Gasteiger partial charge in [0, 0.05) is 0 Å². The molecule has 88 valence electrons. The minimum Gasteiger partial charge on any atom is -0.466 e. The van der Waals surface area contributed by atoms with E-state index in [1.807, 2.05) is 0 Å². The molecule has 0 fully saturated rings. The summed E-state index contributed by atoms with van der Waals surface area (Å²) in [6.07, 6.45) is -2.07. The number of ether oxygens (including phenoxy) is 1. The second-order valence-corrected chi connectivity index (χ2v) is 3.26. The molecule has 0 aliphatic heterocycles. The molecule has 2 nitrogen and oxygen atoms in total. The van der Waals surface area contributed by atoms with Crippen molar-refractivity contribution in [2.45, 2.75) is 26.9 Å². The Kier molecular flexibility index (Phi) is 5.39. The molecule has 0 heterocycles. The summed E-state index contributed by atoms with van der Waals surface area (Å²) in [6.45, 7) is 4.41. The van der Waals surface area contributed by atoms with Crippen molar-refractivity contribution < 1.29 is 22.7 Å². The van der Waals surface area contributed by atoms with Crippen LogP contribution in [0.3, 0.4) is 0 Å². The quantitative estimate of drug-likeness (QED) is 0.542. The first kappa shape index (κ1) is 14.0. The van der Waals surface area contributed by atoms with E-state index >= 15 is 0 Å². The highest BCUT2D eigenvalue weighted by atomic mass is 19.4. The van der Waals surface area contributed by atoms with E-state index in [0.717, 1.165) is 13.0 Å². The third kappa shape index (κ3) is 5.44. The lowest BCUT2D eigenvalue weighted by Crippen LogP contribution is -2.18. The Hall–Kier alpha value is -1.00. The highest BCUT2D eigenvalue weighted by Gasteiger charge is 2.33. The number of hydrogen-bond acceptors (Lipinski definition) is 2. The fraction of sp³-hybridized carbons (Fsp3) is 0.700. The second-order valence-electron chi connectivity index (χ2n) is 3.26. The maximum absolute atomic E-state index is 12.1. The van der Waals surface area contributed by atoms with Crippen LogP contribution in [0.4, 0.5) is 13.2 Å². The molecule has 0 aromatic carbocycles. The fourth-order valence-corrected chi connectivity index (χ4v) is 0.795. The summed E-state index contributed by atoms with van der Waals surface area (Å²) in [5, 5.41) is 0. The van der Waals surface area contributed by atoms with E-state index in [9.17, 15) is 18.0 Å². The Bertz CT molecular complexity index is 233. The predicted octanol–water partition coefficient (Wildman–Crippen LogP) is 2.94. The van der Waals surface area contributed by atoms with Gasteiger partial charge in [0.1, 0.15) is 0 Å². The molecule has 0 aromatic heterocycles. The van der Waals surface area contributed by atoms with E-state index in [2.05, 4.69) is 4.74 Å². The van der Waals surface area contributed by atoms with Gasteiger partial charge in [-0.2, -0.15) is 13.2 Å². The summed E-state index contributed by atoms with van der Waals surface area (Å²) >= 11 is 0. The first-order chi connectivity index (χ1) is 6.79. The van der Waals surface area contributed by atoms with Gasteiger partial charge in [0.05, 0.1) is 18.4 Å². The van der Waals surface area contributed by atoms with E-state index in [-0.39, 0.29) is 6.61 Å². The Labute approximate surface area is 87.1 Å². The molecule has 0 amide bonds. The molecule has 0 aliphatic carbocycles. The van der Waals surface area contributed by atoms with Crippen LogP contribution in [0.2, 0.25) is 0 Å². The third-order valence-electron chi connectivity index (χ3n) is 1.86. The molecule has 15 heavy (non-hydrogen) atoms. The first-order valence-electron chi connectivity index (χ1n) is 4.70. The van der Waals surface area contributed by atoms with Gasteiger partial charge in [0.2, 0.25) is 0 Å². The molecule has 0 bridgehead atoms. The molecule has 2 atom stereocenters. The molecular weight excluding hydrogens is 209 g/mol. The smallest absolute Gasteiger partial charge is 0.394 e. The lowest BCUT2D eigenvalue weighted by molar-refractivity contribution is -0.156. The molecule has 0 radical (unpaired) electrons. The number of halogens is 3. The molecule has 0 aromatic rings. The van der Waals surface area contributed by atoms with Crippen molar-refractivity contribution in [3.05, 3.63) is 12.2 Å². The van der Waals surface area contributed by atoms with Gasteiger partial charge in [-0.1, -0.05) is 19.1 Å². The number of carbonyl (C=O) groups is 1. The van der Waals surface area contributed by atoms with Crippen molar-refractivity contribution in [1.29, 1.82) is 0 Å². The van der Waals surface area contributed by atoms with Crippen LogP contribution in [-0.2, 0) is 9.53 Å². The van der Waals surface area contributed by atoms with Gasteiger partial charge in [-0.15, -0.1) is 0 Å². The van der Waals surface area contributed by atoms with Gasteiger partial charge in [-0.25, -0.2) is 0 Å². The van der Waals surface area contributed by atoms with Gasteiger partial charge in [0.15, 0.2) is 0 Å². The van der Waals surface area contributed by atoms with E-state index in [1.54, 1.807) is 6.92 Å². The van der Waals surface area contributed by atoms with Gasteiger partial charge in [-0.05, 0) is 13.8 Å². The summed E-state index contributed by atoms with van der Waals surface area (Å²) in [4.78, 5) is 11.1. The van der Waals surface area contributed by atoms with Crippen LogP contribution < -0.4 is 0 Å². The Morgan fingerprint density at radius 2 is 1.87 bits per heavy atom. The standard InChI is InChI=1S/C10H15F3O2/c1-4-15-9(14)7(2)5-6-8(3)10(11,12)13/h5-8H,4H2,1-3H3/b6-5-/t7-,8-/m0/s1. The van der Waals surface area contributed by atoms with Gasteiger partial charge < -0.3 is 4.74 Å². The predicted molar refractivity (Wildman–Crippen MR) is 50.2 cm³/mol. The molecule has 0 saturated carbocycles. The lowest BCUT2D eigenvalue weighted by Gasteiger charge is -2.11. The highest BCUT2D eigenvalue weighted by molar-refractivity contribution is 5.73. The zero-order chi connectivity index (χ0) is 12.1. The summed E-state index contributed by atoms with van der Waals surface area (Å²) in [6, 6.07) is 0. The number of allylic oxidation sites excluding steroid dienone is 1. The van der Waals surface area contributed by atoms with Gasteiger partial charge in [0.25, 0.3) is 0 Å². The largest absolute Gasteiger partial charge is 0.466 e. The van der Waals surface area contributed by atoms with Crippen LogP contribution in [0.1, 0.15) is 20.8 Å². The Morgan fingerprint density at radius 3 is 2.27 bits per heavy atom. The molecule has 0 N–H and O–H groups in total. The third-order valence-corrected chi connectivity index (χ3v) is 1.86. The van der Waals surface area contributed by atoms with E-state index in [1.165, 1.54) is 13.0 Å². The van der Waals surface area contributed by atoms with E-state index < -0.39 is 24.0 Å². The molecular formula is C10H15F3O2. The molecule has 5 heteroatoms. The summed E-state index contributed by atoms with van der Waals surface area (Å²) in [5.74, 6) is -2.70. The van der Waals surface area contributed by atoms with Gasteiger partial charge >= 0.3 is 12.1 Å². The van der Waals surface area contributed by atoms with Crippen LogP contribution in [0.5, 0.6) is 0 Å². The number of rotatable bonds is 4. The van der Waals surface area contributed by atoms with E-state index in [4.69, 9.17) is 0 Å². The van der Waals surface area contributed by atoms with Crippen LogP contribution in [0, 0.1) is 11.8 Å². The van der Waals surface area contributed by atoms with Crippen molar-refractivity contribution in [2.75, 3.05) is 6.61 Å². The molecule has 0 aliphatic rings. The lowest BCUT2D eigenvalue weighted by atomic mass is 10.1. The maximum Gasteiger partial charge on any atom is 0.394 e. The fourth-order valence-electron chi connectivity index (χ4n) is 0.795. The SMILES string of the molecule is CCOC(=O)[C@@H](C)/C=C\[C@H](C)C(F)(F)F.